The van der Waals surface area contributed by atoms with Crippen LogP contribution in [0.5, 0.6) is 0 Å². The number of aromatic nitrogens is 3. The molecule has 0 spiro atoms. The first-order valence-electron chi connectivity index (χ1n) is 6.23. The lowest BCUT2D eigenvalue weighted by Gasteiger charge is -2.10. The van der Waals surface area contributed by atoms with Crippen LogP contribution in [-0.2, 0) is 7.05 Å². The van der Waals surface area contributed by atoms with Crippen LogP contribution >= 0.6 is 11.6 Å². The zero-order valence-electron chi connectivity index (χ0n) is 11.4. The predicted molar refractivity (Wildman–Crippen MR) is 82.3 cm³/mol. The molecule has 3 N–H and O–H groups in total. The van der Waals surface area contributed by atoms with Crippen LogP contribution in [0, 0.1) is 17.1 Å². The second-order valence-corrected chi connectivity index (χ2v) is 5.07. The van der Waals surface area contributed by atoms with Gasteiger partial charge in [0, 0.05) is 13.1 Å². The maximum atomic E-state index is 14.0. The number of nitrogens with two attached hydrogens (primary N) is 1. The van der Waals surface area contributed by atoms with Gasteiger partial charge in [0.05, 0.1) is 34.2 Å². The third-order valence-corrected chi connectivity index (χ3v) is 3.46. The molecule has 110 valence electrons. The van der Waals surface area contributed by atoms with Gasteiger partial charge in [-0.25, -0.2) is 14.4 Å². The number of nitrogens with zero attached hydrogens (tertiary/aromatic N) is 4. The Bertz CT molecular complexity index is 904. The van der Waals surface area contributed by atoms with Gasteiger partial charge in [0.1, 0.15) is 17.2 Å². The molecular formula is C14H10ClFN6. The van der Waals surface area contributed by atoms with E-state index in [9.17, 15) is 4.39 Å². The first-order chi connectivity index (χ1) is 10.5. The smallest absolute Gasteiger partial charge is 0.154 e. The lowest BCUT2D eigenvalue weighted by molar-refractivity contribution is 0.631. The number of anilines is 3. The molecule has 3 rings (SSSR count). The Labute approximate surface area is 130 Å². The van der Waals surface area contributed by atoms with E-state index in [1.807, 2.05) is 13.1 Å². The van der Waals surface area contributed by atoms with E-state index in [1.54, 1.807) is 17.0 Å². The molecule has 2 aromatic heterocycles. The van der Waals surface area contributed by atoms with Gasteiger partial charge in [-0.3, -0.25) is 0 Å². The number of aryl methyl sites for hydroxylation is 1. The quantitative estimate of drug-likeness (QED) is 0.758. The Morgan fingerprint density at radius 3 is 2.86 bits per heavy atom. The number of hydrogen-bond acceptors (Lipinski definition) is 5. The average Bonchev–Trinajstić information content (AvgIpc) is 2.85. The molecule has 0 aliphatic carbocycles. The summed E-state index contributed by atoms with van der Waals surface area (Å²) >= 11 is 6.00. The Morgan fingerprint density at radius 2 is 2.18 bits per heavy atom. The zero-order valence-corrected chi connectivity index (χ0v) is 12.2. The largest absolute Gasteiger partial charge is 0.382 e. The van der Waals surface area contributed by atoms with E-state index < -0.39 is 5.82 Å². The molecule has 2 heterocycles. The number of hydrogen-bond donors (Lipinski definition) is 2. The molecule has 0 atom stereocenters. The molecule has 6 nitrogen and oxygen atoms in total. The summed E-state index contributed by atoms with van der Waals surface area (Å²) in [5.41, 5.74) is 7.35. The SMILES string of the molecule is Cn1cnc2c(N)nc(Nc3c(F)cc(C#N)cc3Cl)cc21. The third-order valence-electron chi connectivity index (χ3n) is 3.16. The number of nitrogens with one attached hydrogen (secondary N) is 1. The monoisotopic (exact) mass is 316 g/mol. The Hall–Kier alpha value is -2.85. The van der Waals surface area contributed by atoms with Crippen molar-refractivity contribution in [3.8, 4) is 6.07 Å². The number of halogens is 2. The Balaban J connectivity index is 2.07. The first kappa shape index (κ1) is 14.1. The van der Waals surface area contributed by atoms with E-state index in [0.29, 0.717) is 11.3 Å². The van der Waals surface area contributed by atoms with Crippen LogP contribution in [0.15, 0.2) is 24.5 Å². The molecule has 0 unspecified atom stereocenters. The number of benzene rings is 1. The van der Waals surface area contributed by atoms with Crippen LogP contribution in [0.2, 0.25) is 5.02 Å². The highest BCUT2D eigenvalue weighted by atomic mass is 35.5. The summed E-state index contributed by atoms with van der Waals surface area (Å²) in [7, 11) is 1.81. The van der Waals surface area contributed by atoms with Crippen molar-refractivity contribution in [1.82, 2.24) is 14.5 Å². The molecule has 0 aliphatic rings. The molecule has 3 aromatic rings. The lowest BCUT2D eigenvalue weighted by Crippen LogP contribution is -2.01. The number of pyridine rings is 1. The van der Waals surface area contributed by atoms with E-state index >= 15 is 0 Å². The van der Waals surface area contributed by atoms with Crippen molar-refractivity contribution in [2.24, 2.45) is 7.05 Å². The van der Waals surface area contributed by atoms with E-state index in [4.69, 9.17) is 22.6 Å². The highest BCUT2D eigenvalue weighted by Gasteiger charge is 2.13. The Kier molecular flexibility index (Phi) is 3.31. The molecule has 0 aliphatic heterocycles. The number of nitriles is 1. The second-order valence-electron chi connectivity index (χ2n) is 4.67. The molecule has 1 aromatic carbocycles. The van der Waals surface area contributed by atoms with Crippen molar-refractivity contribution in [3.63, 3.8) is 0 Å². The Morgan fingerprint density at radius 1 is 1.41 bits per heavy atom. The number of fused-ring (bicyclic) bond motifs is 1. The molecular weight excluding hydrogens is 307 g/mol. The van der Waals surface area contributed by atoms with E-state index in [1.165, 1.54) is 6.07 Å². The molecule has 0 saturated heterocycles. The van der Waals surface area contributed by atoms with Gasteiger partial charge < -0.3 is 15.6 Å². The van der Waals surface area contributed by atoms with Crippen LogP contribution in [0.3, 0.4) is 0 Å². The number of imidazole rings is 1. The van der Waals surface area contributed by atoms with Crippen molar-refractivity contribution in [2.45, 2.75) is 0 Å². The van der Waals surface area contributed by atoms with Crippen LogP contribution in [0.1, 0.15) is 5.56 Å². The average molecular weight is 317 g/mol. The maximum Gasteiger partial charge on any atom is 0.154 e. The van der Waals surface area contributed by atoms with Gasteiger partial charge in [0.15, 0.2) is 5.82 Å². The normalized spacial score (nSPS) is 10.6. The highest BCUT2D eigenvalue weighted by Crippen LogP contribution is 2.30. The fraction of sp³-hybridized carbons (Fsp3) is 0.0714. The van der Waals surface area contributed by atoms with Crippen molar-refractivity contribution in [2.75, 3.05) is 11.1 Å². The van der Waals surface area contributed by atoms with E-state index in [-0.39, 0.29) is 22.1 Å². The van der Waals surface area contributed by atoms with E-state index in [0.717, 1.165) is 11.6 Å². The topological polar surface area (TPSA) is 92.6 Å². The summed E-state index contributed by atoms with van der Waals surface area (Å²) in [5, 5.41) is 11.7. The summed E-state index contributed by atoms with van der Waals surface area (Å²) < 4.78 is 15.8. The summed E-state index contributed by atoms with van der Waals surface area (Å²) in [6, 6.07) is 6.00. The summed E-state index contributed by atoms with van der Waals surface area (Å²) in [4.78, 5) is 8.27. The standard InChI is InChI=1S/C14H10ClFN6/c1-22-6-19-13-10(22)4-11(21-14(13)18)20-12-8(15)2-7(5-17)3-9(12)16/h2-4,6H,1H3,(H3,18,20,21). The van der Waals surface area contributed by atoms with Gasteiger partial charge >= 0.3 is 0 Å². The van der Waals surface area contributed by atoms with Gasteiger partial charge in [-0.05, 0) is 12.1 Å². The number of rotatable bonds is 2. The summed E-state index contributed by atoms with van der Waals surface area (Å²) in [5.74, 6) is -0.0839. The fourth-order valence-electron chi connectivity index (χ4n) is 2.10. The van der Waals surface area contributed by atoms with Gasteiger partial charge in [-0.1, -0.05) is 11.6 Å². The molecule has 0 amide bonds. The summed E-state index contributed by atoms with van der Waals surface area (Å²) in [6.45, 7) is 0. The molecule has 0 saturated carbocycles. The predicted octanol–water partition coefficient (Wildman–Crippen LogP) is 2.96. The minimum atomic E-state index is -0.644. The van der Waals surface area contributed by atoms with Crippen molar-refractivity contribution in [1.29, 1.82) is 5.26 Å². The third kappa shape index (κ3) is 2.29. The number of nitrogen functional groups attached to an aromatic ring is 1. The maximum absolute atomic E-state index is 14.0. The van der Waals surface area contributed by atoms with E-state index in [2.05, 4.69) is 15.3 Å². The van der Waals surface area contributed by atoms with Crippen molar-refractivity contribution < 1.29 is 4.39 Å². The minimum Gasteiger partial charge on any atom is -0.382 e. The minimum absolute atomic E-state index is 0.0362. The molecule has 22 heavy (non-hydrogen) atoms. The summed E-state index contributed by atoms with van der Waals surface area (Å²) in [6.07, 6.45) is 1.61. The fourth-order valence-corrected chi connectivity index (χ4v) is 2.36. The molecule has 0 radical (unpaired) electrons. The first-order valence-corrected chi connectivity index (χ1v) is 6.61. The van der Waals surface area contributed by atoms with Crippen molar-refractivity contribution in [3.05, 3.63) is 40.9 Å². The van der Waals surface area contributed by atoms with Crippen LogP contribution in [0.25, 0.3) is 11.0 Å². The second kappa shape index (κ2) is 5.16. The van der Waals surface area contributed by atoms with Gasteiger partial charge in [-0.2, -0.15) is 5.26 Å². The van der Waals surface area contributed by atoms with Gasteiger partial charge in [0.25, 0.3) is 0 Å². The van der Waals surface area contributed by atoms with Crippen LogP contribution in [-0.4, -0.2) is 14.5 Å². The van der Waals surface area contributed by atoms with Gasteiger partial charge in [0.2, 0.25) is 0 Å². The molecule has 0 fully saturated rings. The van der Waals surface area contributed by atoms with Gasteiger partial charge in [-0.15, -0.1) is 0 Å². The lowest BCUT2D eigenvalue weighted by atomic mass is 10.2. The van der Waals surface area contributed by atoms with Crippen LogP contribution in [0.4, 0.5) is 21.7 Å². The van der Waals surface area contributed by atoms with Crippen molar-refractivity contribution >= 4 is 40.0 Å². The zero-order chi connectivity index (χ0) is 15.9. The molecule has 0 bridgehead atoms. The molecule has 8 heteroatoms. The van der Waals surface area contributed by atoms with Crippen LogP contribution < -0.4 is 11.1 Å². The highest BCUT2D eigenvalue weighted by molar-refractivity contribution is 6.33.